The van der Waals surface area contributed by atoms with Gasteiger partial charge < -0.3 is 0 Å². The Bertz CT molecular complexity index is 6.00. The summed E-state index contributed by atoms with van der Waals surface area (Å²) in [5, 5.41) is 0. The summed E-state index contributed by atoms with van der Waals surface area (Å²) in [6.45, 7) is 0. The van der Waals surface area contributed by atoms with E-state index < -0.39 is 21.8 Å². The topological polar surface area (TPSA) is 0 Å². The van der Waals surface area contributed by atoms with Gasteiger partial charge in [0.05, 0.1) is 0 Å². The summed E-state index contributed by atoms with van der Waals surface area (Å²) in [4.78, 5) is 0. The van der Waals surface area contributed by atoms with Crippen LogP contribution in [0.4, 0.5) is 0 Å². The maximum atomic E-state index is 4.97. The maximum absolute atomic E-state index is 4.97. The second-order valence-electron chi connectivity index (χ2n) is 0.101. The first-order valence-corrected chi connectivity index (χ1v) is 10.8. The molecule has 0 bridgehead atoms. The summed E-state index contributed by atoms with van der Waals surface area (Å²) in [7, 11) is 9.95. The molecule has 0 saturated carbocycles. The number of halogens is 2. The van der Waals surface area contributed by atoms with Gasteiger partial charge in [0.2, 0.25) is 0 Å². The van der Waals surface area contributed by atoms with Gasteiger partial charge in [-0.3, -0.25) is 0 Å². The predicted octanol–water partition coefficient (Wildman–Crippen LogP) is 0.728. The molecule has 0 nitrogen and oxygen atoms in total. The van der Waals surface area contributed by atoms with Crippen molar-refractivity contribution in [2.75, 3.05) is 0 Å². The van der Waals surface area contributed by atoms with Crippen molar-refractivity contribution >= 4 is 35.5 Å². The summed E-state index contributed by atoms with van der Waals surface area (Å²) in [5.41, 5.74) is 0. The molecule has 0 unspecified atom stereocenters. The first kappa shape index (κ1) is 9.44. The van der Waals surface area contributed by atoms with E-state index in [0.717, 1.165) is 0 Å². The number of rotatable bonds is 0. The molecule has 0 aliphatic carbocycles. The summed E-state index contributed by atoms with van der Waals surface area (Å²) in [6, 6.07) is 0. The monoisotopic (exact) mass is 192 g/mol. The quantitative estimate of drug-likeness (QED) is 0.495. The van der Waals surface area contributed by atoms with Crippen LogP contribution >= 0.6 is 16.6 Å². The van der Waals surface area contributed by atoms with Crippen LogP contribution in [0.2, 0.25) is 0 Å². The van der Waals surface area contributed by atoms with Crippen LogP contribution in [0.5, 0.6) is 0 Å². The van der Waals surface area contributed by atoms with Crippen LogP contribution in [0.3, 0.4) is 0 Å². The molecule has 0 saturated heterocycles. The predicted molar refractivity (Wildman–Crippen MR) is 18.9 cm³/mol. The summed E-state index contributed by atoms with van der Waals surface area (Å²) in [5.74, 6) is 0. The van der Waals surface area contributed by atoms with E-state index in [0.29, 0.717) is 0 Å². The third-order valence-corrected chi connectivity index (χ3v) is 0. The average molecular weight is 191 g/mol. The molecule has 4 heavy (non-hydrogen) atoms. The van der Waals surface area contributed by atoms with Gasteiger partial charge in [-0.25, -0.2) is 0 Å². The Balaban J connectivity index is 0. The van der Waals surface area contributed by atoms with E-state index in [1.165, 1.54) is 0 Å². The Morgan fingerprint density at radius 2 is 1.25 bits per heavy atom. The first-order chi connectivity index (χ1) is 1.41. The molecule has 0 N–H and O–H groups in total. The normalized spacial score (nSPS) is 2.50. The van der Waals surface area contributed by atoms with Gasteiger partial charge in [0.15, 0.2) is 0 Å². The van der Waals surface area contributed by atoms with Crippen molar-refractivity contribution in [2.24, 2.45) is 0 Å². The Morgan fingerprint density at radius 1 is 1.25 bits per heavy atom. The molecule has 0 radical (unpaired) electrons. The van der Waals surface area contributed by atoms with E-state index in [4.69, 9.17) is 16.6 Å². The van der Waals surface area contributed by atoms with Crippen molar-refractivity contribution in [1.82, 2.24) is 0 Å². The fourth-order valence-corrected chi connectivity index (χ4v) is 0. The molecule has 0 aliphatic rings. The second-order valence-corrected chi connectivity index (χ2v) is 6.10. The second kappa shape index (κ2) is 8.92. The van der Waals surface area contributed by atoms with E-state index >= 15 is 0 Å². The molecule has 0 aromatic carbocycles. The molecule has 0 amide bonds. The van der Waals surface area contributed by atoms with Gasteiger partial charge in [-0.05, 0) is 0 Å². The molecule has 0 fully saturated rings. The van der Waals surface area contributed by atoms with Crippen LogP contribution < -0.4 is 0 Å². The van der Waals surface area contributed by atoms with Crippen molar-refractivity contribution in [3.8, 4) is 0 Å². The molecule has 0 atom stereocenters. The van der Waals surface area contributed by atoms with E-state index in [1.807, 2.05) is 0 Å². The van der Waals surface area contributed by atoms with Gasteiger partial charge in [-0.2, -0.15) is 0 Å². The SMILES string of the molecule is [Cl][Cd][Cl].[LiH]. The fraction of sp³-hybridized carbons (Fsp3) is 0. The zero-order valence-electron chi connectivity index (χ0n) is 1.46. The summed E-state index contributed by atoms with van der Waals surface area (Å²) >= 11 is -1.07. The van der Waals surface area contributed by atoms with Crippen LogP contribution in [0.15, 0.2) is 0 Å². The number of hydrogen-bond donors (Lipinski definition) is 0. The Kier molecular flexibility index (Phi) is 21.0. The van der Waals surface area contributed by atoms with Crippen LogP contribution in [0.1, 0.15) is 0 Å². The van der Waals surface area contributed by atoms with Crippen molar-refractivity contribution in [3.63, 3.8) is 0 Å². The minimum absolute atomic E-state index is 0. The van der Waals surface area contributed by atoms with Gasteiger partial charge >= 0.3 is 57.3 Å². The van der Waals surface area contributed by atoms with Gasteiger partial charge in [-0.1, -0.05) is 0 Å². The third-order valence-electron chi connectivity index (χ3n) is 0. The van der Waals surface area contributed by atoms with Crippen LogP contribution in [-0.4, -0.2) is 18.9 Å². The van der Waals surface area contributed by atoms with Crippen molar-refractivity contribution < 1.29 is 21.8 Å². The molecule has 0 heterocycles. The zero-order valence-corrected chi connectivity index (χ0v) is 7.01. The molecule has 0 aromatic heterocycles. The molecule has 0 spiro atoms. The average Bonchev–Trinajstić information content (AvgIpc) is 0.918. The van der Waals surface area contributed by atoms with Crippen LogP contribution in [0, 0.1) is 0 Å². The van der Waals surface area contributed by atoms with Gasteiger partial charge in [0.25, 0.3) is 0 Å². The van der Waals surface area contributed by atoms with Gasteiger partial charge in [0, 0.05) is 0 Å². The van der Waals surface area contributed by atoms with Crippen LogP contribution in [-0.2, 0) is 21.8 Å². The molecule has 4 heteroatoms. The number of hydrogen-bond acceptors (Lipinski definition) is 0. The molecule has 0 aromatic rings. The van der Waals surface area contributed by atoms with E-state index in [9.17, 15) is 0 Å². The minimum atomic E-state index is -1.07. The van der Waals surface area contributed by atoms with Crippen molar-refractivity contribution in [3.05, 3.63) is 0 Å². The van der Waals surface area contributed by atoms with Gasteiger partial charge in [0.1, 0.15) is 0 Å². The standard InChI is InChI=1S/Cd.2ClH.Li.H/h;2*1H;;/q+2;;;;/p-2. The molecule has 0 aliphatic heterocycles. The molecular formula is HCdCl2Li. The third kappa shape index (κ3) is 8.93. The van der Waals surface area contributed by atoms with Crippen molar-refractivity contribution in [2.45, 2.75) is 0 Å². The van der Waals surface area contributed by atoms with E-state index in [2.05, 4.69) is 0 Å². The Hall–Kier alpha value is 2.10. The summed E-state index contributed by atoms with van der Waals surface area (Å²) < 4.78 is 0. The molecule has 0 rings (SSSR count). The molecule has 18 valence electrons. The van der Waals surface area contributed by atoms with E-state index in [-0.39, 0.29) is 18.9 Å². The zero-order chi connectivity index (χ0) is 2.71. The van der Waals surface area contributed by atoms with Crippen LogP contribution in [0.25, 0.3) is 0 Å². The fourth-order valence-electron chi connectivity index (χ4n) is 0. The van der Waals surface area contributed by atoms with Gasteiger partial charge in [-0.15, -0.1) is 0 Å². The Labute approximate surface area is 56.6 Å². The van der Waals surface area contributed by atoms with Crippen molar-refractivity contribution in [1.29, 1.82) is 0 Å². The van der Waals surface area contributed by atoms with E-state index in [1.54, 1.807) is 0 Å². The summed E-state index contributed by atoms with van der Waals surface area (Å²) in [6.07, 6.45) is 0. The molecular weight excluding hydrogens is 190 g/mol. The Morgan fingerprint density at radius 3 is 1.25 bits per heavy atom. The first-order valence-electron chi connectivity index (χ1n) is 0.535.